The van der Waals surface area contributed by atoms with Crippen LogP contribution in [-0.4, -0.2) is 48.1 Å². The normalized spacial score (nSPS) is 22.9. The Hall–Kier alpha value is -1.69. The van der Waals surface area contributed by atoms with Crippen LogP contribution in [0, 0.1) is 11.6 Å². The van der Waals surface area contributed by atoms with Gasteiger partial charge in [0.1, 0.15) is 11.6 Å². The van der Waals surface area contributed by atoms with Crippen molar-refractivity contribution < 1.29 is 13.6 Å². The number of nitrogens with zero attached hydrogens (tertiary/aromatic N) is 2. The summed E-state index contributed by atoms with van der Waals surface area (Å²) in [5.41, 5.74) is 0.160. The Morgan fingerprint density at radius 1 is 0.957 bits per heavy atom. The fourth-order valence-corrected chi connectivity index (χ4v) is 3.58. The molecule has 0 radical (unpaired) electrons. The molecule has 126 valence electrons. The molecule has 2 aliphatic rings. The summed E-state index contributed by atoms with van der Waals surface area (Å²) in [6, 6.07) is 3.33. The number of amides is 2. The molecule has 1 atom stereocenters. The summed E-state index contributed by atoms with van der Waals surface area (Å²) in [7, 11) is 0. The van der Waals surface area contributed by atoms with Crippen LogP contribution < -0.4 is 5.32 Å². The van der Waals surface area contributed by atoms with Gasteiger partial charge < -0.3 is 15.1 Å². The quantitative estimate of drug-likeness (QED) is 0.905. The van der Waals surface area contributed by atoms with Gasteiger partial charge in [-0.1, -0.05) is 0 Å². The molecule has 0 aromatic heterocycles. The molecule has 1 unspecified atom stereocenters. The Morgan fingerprint density at radius 3 is 2.35 bits per heavy atom. The minimum absolute atomic E-state index is 0.160. The summed E-state index contributed by atoms with van der Waals surface area (Å²) in [6.45, 7) is 3.71. The van der Waals surface area contributed by atoms with Crippen LogP contribution >= 0.6 is 0 Å². The maximum absolute atomic E-state index is 13.2. The van der Waals surface area contributed by atoms with Gasteiger partial charge in [0.15, 0.2) is 0 Å². The number of halogens is 2. The van der Waals surface area contributed by atoms with Crippen LogP contribution in [0.15, 0.2) is 18.2 Å². The van der Waals surface area contributed by atoms with Crippen LogP contribution in [0.4, 0.5) is 19.3 Å². The van der Waals surface area contributed by atoms with Crippen molar-refractivity contribution in [1.82, 2.24) is 9.80 Å². The predicted molar refractivity (Wildman–Crippen MR) is 85.4 cm³/mol. The van der Waals surface area contributed by atoms with Crippen LogP contribution in [0.2, 0.25) is 0 Å². The van der Waals surface area contributed by atoms with Gasteiger partial charge in [-0.05, 0) is 57.3 Å². The first-order valence-electron chi connectivity index (χ1n) is 8.38. The van der Waals surface area contributed by atoms with Crippen molar-refractivity contribution in [3.8, 4) is 0 Å². The highest BCUT2D eigenvalue weighted by molar-refractivity contribution is 5.89. The third-order valence-electron chi connectivity index (χ3n) is 4.76. The SMILES string of the molecule is O=C(Nc1cc(F)cc(F)c1)N1CCCC(N2CCCC2)CC1. The molecule has 23 heavy (non-hydrogen) atoms. The largest absolute Gasteiger partial charge is 0.324 e. The number of hydrogen-bond acceptors (Lipinski definition) is 2. The van der Waals surface area contributed by atoms with E-state index < -0.39 is 11.6 Å². The molecule has 1 N–H and O–H groups in total. The van der Waals surface area contributed by atoms with E-state index in [-0.39, 0.29) is 11.7 Å². The smallest absolute Gasteiger partial charge is 0.321 e. The standard InChI is InChI=1S/C17H23F2N3O/c18-13-10-14(19)12-15(11-13)20-17(23)22-8-3-4-16(5-9-22)21-6-1-2-7-21/h10-12,16H,1-9H2,(H,20,23). The first-order chi connectivity index (χ1) is 11.1. The number of hydrogen-bond donors (Lipinski definition) is 1. The van der Waals surface area contributed by atoms with E-state index in [1.54, 1.807) is 4.90 Å². The number of carbonyl (C=O) groups excluding carboxylic acids is 1. The van der Waals surface area contributed by atoms with E-state index in [9.17, 15) is 13.6 Å². The number of urea groups is 1. The van der Waals surface area contributed by atoms with E-state index in [0.717, 1.165) is 37.5 Å². The van der Waals surface area contributed by atoms with Crippen LogP contribution in [0.25, 0.3) is 0 Å². The van der Waals surface area contributed by atoms with Crippen molar-refractivity contribution in [2.24, 2.45) is 0 Å². The Balaban J connectivity index is 1.57. The lowest BCUT2D eigenvalue weighted by atomic mass is 10.1. The fraction of sp³-hybridized carbons (Fsp3) is 0.588. The van der Waals surface area contributed by atoms with Crippen molar-refractivity contribution in [2.75, 3.05) is 31.5 Å². The number of likely N-dealkylation sites (tertiary alicyclic amines) is 2. The molecule has 0 saturated carbocycles. The summed E-state index contributed by atoms with van der Waals surface area (Å²) in [6.07, 6.45) is 5.58. The molecular formula is C17H23F2N3O. The molecule has 2 aliphatic heterocycles. The third-order valence-corrected chi connectivity index (χ3v) is 4.76. The van der Waals surface area contributed by atoms with Gasteiger partial charge in [0.05, 0.1) is 0 Å². The lowest BCUT2D eigenvalue weighted by Crippen LogP contribution is -2.37. The van der Waals surface area contributed by atoms with Gasteiger partial charge in [0, 0.05) is 30.9 Å². The molecule has 0 bridgehead atoms. The van der Waals surface area contributed by atoms with E-state index in [1.807, 2.05) is 0 Å². The monoisotopic (exact) mass is 323 g/mol. The van der Waals surface area contributed by atoms with Crippen LogP contribution in [0.5, 0.6) is 0 Å². The molecule has 2 heterocycles. The summed E-state index contributed by atoms with van der Waals surface area (Å²) >= 11 is 0. The third kappa shape index (κ3) is 4.19. The van der Waals surface area contributed by atoms with E-state index in [2.05, 4.69) is 10.2 Å². The summed E-state index contributed by atoms with van der Waals surface area (Å²) < 4.78 is 26.4. The first kappa shape index (κ1) is 16.2. The Bertz CT molecular complexity index is 541. The van der Waals surface area contributed by atoms with Crippen molar-refractivity contribution in [3.63, 3.8) is 0 Å². The first-order valence-corrected chi connectivity index (χ1v) is 8.38. The minimum atomic E-state index is -0.690. The fourth-order valence-electron chi connectivity index (χ4n) is 3.58. The van der Waals surface area contributed by atoms with E-state index in [4.69, 9.17) is 0 Å². The summed E-state index contributed by atoms with van der Waals surface area (Å²) in [5, 5.41) is 2.60. The van der Waals surface area contributed by atoms with Gasteiger partial charge in [-0.25, -0.2) is 13.6 Å². The molecule has 1 aromatic carbocycles. The number of carbonyl (C=O) groups is 1. The second-order valence-corrected chi connectivity index (χ2v) is 6.40. The van der Waals surface area contributed by atoms with Crippen molar-refractivity contribution >= 4 is 11.7 Å². The van der Waals surface area contributed by atoms with Crippen molar-refractivity contribution in [2.45, 2.75) is 38.1 Å². The zero-order valence-corrected chi connectivity index (χ0v) is 13.2. The molecule has 0 aliphatic carbocycles. The Kier molecular flexibility index (Phi) is 5.10. The van der Waals surface area contributed by atoms with E-state index >= 15 is 0 Å². The Morgan fingerprint density at radius 2 is 1.65 bits per heavy atom. The molecule has 2 saturated heterocycles. The molecule has 2 fully saturated rings. The Labute approximate surface area is 135 Å². The topological polar surface area (TPSA) is 35.6 Å². The highest BCUT2D eigenvalue weighted by Gasteiger charge is 2.26. The van der Waals surface area contributed by atoms with Crippen LogP contribution in [0.1, 0.15) is 32.1 Å². The molecule has 2 amide bonds. The lowest BCUT2D eigenvalue weighted by molar-refractivity contribution is 0.204. The lowest BCUT2D eigenvalue weighted by Gasteiger charge is -2.26. The predicted octanol–water partition coefficient (Wildman–Crippen LogP) is 3.45. The van der Waals surface area contributed by atoms with Crippen molar-refractivity contribution in [3.05, 3.63) is 29.8 Å². The molecule has 4 nitrogen and oxygen atoms in total. The average molecular weight is 323 g/mol. The van der Waals surface area contributed by atoms with Crippen molar-refractivity contribution in [1.29, 1.82) is 0 Å². The van der Waals surface area contributed by atoms with Crippen LogP contribution in [0.3, 0.4) is 0 Å². The number of nitrogens with one attached hydrogen (secondary N) is 1. The zero-order valence-electron chi connectivity index (χ0n) is 13.2. The van der Waals surface area contributed by atoms with E-state index in [0.29, 0.717) is 19.1 Å². The molecule has 1 aromatic rings. The summed E-state index contributed by atoms with van der Waals surface area (Å²) in [5.74, 6) is -1.38. The van der Waals surface area contributed by atoms with E-state index in [1.165, 1.54) is 25.9 Å². The number of rotatable bonds is 2. The van der Waals surface area contributed by atoms with Gasteiger partial charge >= 0.3 is 6.03 Å². The van der Waals surface area contributed by atoms with Crippen LogP contribution in [-0.2, 0) is 0 Å². The molecule has 3 rings (SSSR count). The van der Waals surface area contributed by atoms with Gasteiger partial charge in [-0.15, -0.1) is 0 Å². The van der Waals surface area contributed by atoms with Gasteiger partial charge in [-0.2, -0.15) is 0 Å². The zero-order chi connectivity index (χ0) is 16.2. The van der Waals surface area contributed by atoms with Gasteiger partial charge in [0.25, 0.3) is 0 Å². The minimum Gasteiger partial charge on any atom is -0.324 e. The molecule has 6 heteroatoms. The second kappa shape index (κ2) is 7.25. The molecule has 0 spiro atoms. The van der Waals surface area contributed by atoms with Gasteiger partial charge in [-0.3, -0.25) is 0 Å². The molecular weight excluding hydrogens is 300 g/mol. The number of anilines is 1. The van der Waals surface area contributed by atoms with Gasteiger partial charge in [0.2, 0.25) is 0 Å². The highest BCUT2D eigenvalue weighted by Crippen LogP contribution is 2.22. The summed E-state index contributed by atoms with van der Waals surface area (Å²) in [4.78, 5) is 16.6. The number of benzene rings is 1. The maximum Gasteiger partial charge on any atom is 0.321 e. The average Bonchev–Trinajstić information content (AvgIpc) is 2.90. The highest BCUT2D eigenvalue weighted by atomic mass is 19.1. The maximum atomic E-state index is 13.2. The second-order valence-electron chi connectivity index (χ2n) is 6.40.